The van der Waals surface area contributed by atoms with Crippen LogP contribution in [0, 0.1) is 5.92 Å². The second kappa shape index (κ2) is 3.94. The van der Waals surface area contributed by atoms with Crippen LogP contribution in [0.2, 0.25) is 0 Å². The van der Waals surface area contributed by atoms with Gasteiger partial charge in [-0.15, -0.1) is 0 Å². The molecular weight excluding hydrogens is 124 g/mol. The summed E-state index contributed by atoms with van der Waals surface area (Å²) in [6.45, 7) is 7.64. The SMILES string of the molecule is CC(C)CC1C[N]CCN1. The van der Waals surface area contributed by atoms with Gasteiger partial charge in [-0.25, -0.2) is 5.32 Å². The van der Waals surface area contributed by atoms with Crippen LogP contribution in [0.25, 0.3) is 0 Å². The number of hydrogen-bond acceptors (Lipinski definition) is 1. The van der Waals surface area contributed by atoms with Crippen LogP contribution in [-0.4, -0.2) is 25.7 Å². The van der Waals surface area contributed by atoms with Gasteiger partial charge < -0.3 is 5.32 Å². The lowest BCUT2D eigenvalue weighted by molar-refractivity contribution is 0.358. The summed E-state index contributed by atoms with van der Waals surface area (Å²) < 4.78 is 0. The maximum atomic E-state index is 4.35. The molecular formula is C8H17N2. The van der Waals surface area contributed by atoms with E-state index in [0.29, 0.717) is 6.04 Å². The van der Waals surface area contributed by atoms with Crippen molar-refractivity contribution < 1.29 is 0 Å². The molecule has 0 spiro atoms. The van der Waals surface area contributed by atoms with Crippen molar-refractivity contribution >= 4 is 0 Å². The summed E-state index contributed by atoms with van der Waals surface area (Å²) in [6, 6.07) is 0.661. The molecule has 10 heavy (non-hydrogen) atoms. The summed E-state index contributed by atoms with van der Waals surface area (Å²) >= 11 is 0. The average molecular weight is 141 g/mol. The van der Waals surface area contributed by atoms with E-state index in [9.17, 15) is 0 Å². The molecule has 1 saturated heterocycles. The van der Waals surface area contributed by atoms with Crippen molar-refractivity contribution in [2.45, 2.75) is 26.3 Å². The Morgan fingerprint density at radius 3 is 2.90 bits per heavy atom. The predicted molar refractivity (Wildman–Crippen MR) is 43.1 cm³/mol. The van der Waals surface area contributed by atoms with Gasteiger partial charge in [0.1, 0.15) is 0 Å². The fourth-order valence-corrected chi connectivity index (χ4v) is 1.39. The molecule has 1 radical (unpaired) electrons. The summed E-state index contributed by atoms with van der Waals surface area (Å²) in [5.41, 5.74) is 0. The molecule has 1 unspecified atom stereocenters. The number of piperazine rings is 1. The molecule has 2 heteroatoms. The van der Waals surface area contributed by atoms with E-state index in [1.165, 1.54) is 6.42 Å². The van der Waals surface area contributed by atoms with E-state index < -0.39 is 0 Å². The lowest BCUT2D eigenvalue weighted by Crippen LogP contribution is -2.45. The first-order chi connectivity index (χ1) is 4.79. The minimum Gasteiger partial charge on any atom is -0.311 e. The quantitative estimate of drug-likeness (QED) is 0.599. The molecule has 1 fully saturated rings. The van der Waals surface area contributed by atoms with Gasteiger partial charge in [-0.1, -0.05) is 13.8 Å². The lowest BCUT2D eigenvalue weighted by atomic mass is 10.0. The van der Waals surface area contributed by atoms with Gasteiger partial charge >= 0.3 is 0 Å². The zero-order valence-electron chi connectivity index (χ0n) is 6.93. The molecule has 0 saturated carbocycles. The highest BCUT2D eigenvalue weighted by Crippen LogP contribution is 2.05. The van der Waals surface area contributed by atoms with E-state index in [4.69, 9.17) is 0 Å². The third kappa shape index (κ3) is 2.67. The average Bonchev–Trinajstić information content (AvgIpc) is 1.88. The number of rotatable bonds is 2. The molecule has 2 nitrogen and oxygen atoms in total. The highest BCUT2D eigenvalue weighted by Gasteiger charge is 2.13. The highest BCUT2D eigenvalue weighted by atomic mass is 15.0. The van der Waals surface area contributed by atoms with Gasteiger partial charge in [0.25, 0.3) is 0 Å². The molecule has 1 aliphatic heterocycles. The molecule has 0 aliphatic carbocycles. The van der Waals surface area contributed by atoms with Crippen LogP contribution in [0.5, 0.6) is 0 Å². The molecule has 0 amide bonds. The smallest absolute Gasteiger partial charge is 0.0288 e. The molecule has 0 bridgehead atoms. The number of nitrogens with one attached hydrogen (secondary N) is 1. The van der Waals surface area contributed by atoms with Crippen molar-refractivity contribution in [1.29, 1.82) is 0 Å². The van der Waals surface area contributed by atoms with Gasteiger partial charge in [-0.3, -0.25) is 0 Å². The third-order valence-corrected chi connectivity index (χ3v) is 1.81. The number of nitrogens with zero attached hydrogens (tertiary/aromatic N) is 1. The molecule has 1 aliphatic rings. The molecule has 0 aromatic carbocycles. The molecule has 1 atom stereocenters. The van der Waals surface area contributed by atoms with Crippen LogP contribution in [0.15, 0.2) is 0 Å². The second-order valence-corrected chi connectivity index (χ2v) is 3.41. The zero-order chi connectivity index (χ0) is 7.40. The van der Waals surface area contributed by atoms with E-state index >= 15 is 0 Å². The van der Waals surface area contributed by atoms with Crippen molar-refractivity contribution in [2.24, 2.45) is 5.92 Å². The summed E-state index contributed by atoms with van der Waals surface area (Å²) in [6.07, 6.45) is 1.27. The van der Waals surface area contributed by atoms with Crippen molar-refractivity contribution in [2.75, 3.05) is 19.6 Å². The van der Waals surface area contributed by atoms with E-state index in [-0.39, 0.29) is 0 Å². The van der Waals surface area contributed by atoms with Gasteiger partial charge in [0.15, 0.2) is 0 Å². The molecule has 0 aromatic heterocycles. The van der Waals surface area contributed by atoms with E-state index in [1.807, 2.05) is 0 Å². The highest BCUT2D eigenvalue weighted by molar-refractivity contribution is 4.75. The maximum Gasteiger partial charge on any atom is 0.0288 e. The molecule has 59 valence electrons. The Kier molecular flexibility index (Phi) is 3.16. The lowest BCUT2D eigenvalue weighted by Gasteiger charge is -2.24. The Hall–Kier alpha value is -0.0800. The Morgan fingerprint density at radius 1 is 1.60 bits per heavy atom. The van der Waals surface area contributed by atoms with Gasteiger partial charge in [-0.05, 0) is 12.3 Å². The Bertz CT molecular complexity index is 85.3. The Morgan fingerprint density at radius 2 is 2.40 bits per heavy atom. The van der Waals surface area contributed by atoms with Crippen molar-refractivity contribution in [3.63, 3.8) is 0 Å². The van der Waals surface area contributed by atoms with Crippen LogP contribution in [-0.2, 0) is 0 Å². The second-order valence-electron chi connectivity index (χ2n) is 3.41. The topological polar surface area (TPSA) is 26.1 Å². The van der Waals surface area contributed by atoms with Crippen molar-refractivity contribution in [1.82, 2.24) is 10.6 Å². The van der Waals surface area contributed by atoms with E-state index in [1.54, 1.807) is 0 Å². The van der Waals surface area contributed by atoms with Crippen molar-refractivity contribution in [3.8, 4) is 0 Å². The van der Waals surface area contributed by atoms with Gasteiger partial charge in [0.2, 0.25) is 0 Å². The monoisotopic (exact) mass is 141 g/mol. The first kappa shape index (κ1) is 8.02. The summed E-state index contributed by atoms with van der Waals surface area (Å²) in [5, 5.41) is 7.81. The minimum absolute atomic E-state index is 0.661. The number of hydrogen-bond donors (Lipinski definition) is 1. The summed E-state index contributed by atoms with van der Waals surface area (Å²) in [7, 11) is 0. The standard InChI is InChI=1S/C8H17N2/c1-7(2)5-8-6-9-3-4-10-8/h7-8,10H,3-6H2,1-2H3. The largest absolute Gasteiger partial charge is 0.311 e. The fourth-order valence-electron chi connectivity index (χ4n) is 1.39. The van der Waals surface area contributed by atoms with Gasteiger partial charge in [-0.2, -0.15) is 0 Å². The van der Waals surface area contributed by atoms with E-state index in [2.05, 4.69) is 24.5 Å². The Labute approximate surface area is 63.4 Å². The first-order valence-corrected chi connectivity index (χ1v) is 4.15. The molecule has 0 aromatic rings. The third-order valence-electron chi connectivity index (χ3n) is 1.81. The molecule has 1 rings (SSSR count). The normalized spacial score (nSPS) is 27.3. The van der Waals surface area contributed by atoms with Crippen molar-refractivity contribution in [3.05, 3.63) is 0 Å². The molecule has 1 heterocycles. The predicted octanol–water partition coefficient (Wildman–Crippen LogP) is 0.609. The first-order valence-electron chi connectivity index (χ1n) is 4.15. The maximum absolute atomic E-state index is 4.35. The molecule has 1 N–H and O–H groups in total. The zero-order valence-corrected chi connectivity index (χ0v) is 6.93. The van der Waals surface area contributed by atoms with Crippen LogP contribution in [0.1, 0.15) is 20.3 Å². The van der Waals surface area contributed by atoms with Crippen LogP contribution in [0.3, 0.4) is 0 Å². The van der Waals surface area contributed by atoms with Crippen LogP contribution < -0.4 is 10.6 Å². The Balaban J connectivity index is 2.13. The summed E-state index contributed by atoms with van der Waals surface area (Å²) in [5.74, 6) is 0.797. The van der Waals surface area contributed by atoms with Gasteiger partial charge in [0, 0.05) is 25.7 Å². The van der Waals surface area contributed by atoms with Gasteiger partial charge in [0.05, 0.1) is 0 Å². The summed E-state index contributed by atoms with van der Waals surface area (Å²) in [4.78, 5) is 0. The van der Waals surface area contributed by atoms with Crippen LogP contribution in [0.4, 0.5) is 0 Å². The van der Waals surface area contributed by atoms with E-state index in [0.717, 1.165) is 25.6 Å². The fraction of sp³-hybridized carbons (Fsp3) is 1.00. The minimum atomic E-state index is 0.661. The van der Waals surface area contributed by atoms with Crippen LogP contribution >= 0.6 is 0 Å².